The van der Waals surface area contributed by atoms with Crippen molar-refractivity contribution in [3.63, 3.8) is 0 Å². The van der Waals surface area contributed by atoms with Crippen LogP contribution in [-0.4, -0.2) is 34.6 Å². The van der Waals surface area contributed by atoms with Crippen LogP contribution in [0.5, 0.6) is 0 Å². The van der Waals surface area contributed by atoms with E-state index in [1.165, 1.54) is 19.2 Å². The zero-order valence-corrected chi connectivity index (χ0v) is 11.3. The highest BCUT2D eigenvalue weighted by molar-refractivity contribution is 5.79. The van der Waals surface area contributed by atoms with Gasteiger partial charge in [0.25, 0.3) is 5.92 Å². The molecular weight excluding hydrogens is 268 g/mol. The predicted molar refractivity (Wildman–Crippen MR) is 66.2 cm³/mol. The molecule has 1 saturated heterocycles. The predicted octanol–water partition coefficient (Wildman–Crippen LogP) is 1.36. The number of ether oxygens (including phenoxy) is 1. The Morgan fingerprint density at radius 2 is 2.30 bits per heavy atom. The Bertz CT molecular complexity index is 488. The standard InChI is InChI=1S/C13H17F2N3O2/c1-3-12(7-16)8(2)13(14,15)11(20-12)18-5-4-9(17)6-10(18)19/h4-5,8-9,11H,3,6,17H2,1-2H3/t8-,9?,11-,12+/m1/s1. The molecule has 5 nitrogen and oxygen atoms in total. The quantitative estimate of drug-likeness (QED) is 0.830. The van der Waals surface area contributed by atoms with Crippen molar-refractivity contribution in [3.8, 4) is 6.07 Å². The lowest BCUT2D eigenvalue weighted by atomic mass is 9.85. The molecule has 0 aliphatic carbocycles. The van der Waals surface area contributed by atoms with Crippen LogP contribution >= 0.6 is 0 Å². The normalized spacial score (nSPS) is 39.9. The molecule has 2 heterocycles. The van der Waals surface area contributed by atoms with Crippen molar-refractivity contribution in [2.75, 3.05) is 0 Å². The molecule has 2 rings (SSSR count). The first-order valence-electron chi connectivity index (χ1n) is 6.50. The summed E-state index contributed by atoms with van der Waals surface area (Å²) in [6, 6.07) is 1.36. The van der Waals surface area contributed by atoms with E-state index in [0.29, 0.717) is 0 Å². The summed E-state index contributed by atoms with van der Waals surface area (Å²) in [4.78, 5) is 12.7. The minimum atomic E-state index is -3.30. The molecule has 0 saturated carbocycles. The van der Waals surface area contributed by atoms with Gasteiger partial charge in [-0.15, -0.1) is 0 Å². The Morgan fingerprint density at radius 3 is 2.75 bits per heavy atom. The Balaban J connectivity index is 2.36. The molecule has 1 fully saturated rings. The molecule has 2 aliphatic heterocycles. The number of rotatable bonds is 2. The minimum Gasteiger partial charge on any atom is -0.330 e. The van der Waals surface area contributed by atoms with E-state index in [0.717, 1.165) is 4.90 Å². The van der Waals surface area contributed by atoms with E-state index in [1.807, 2.05) is 6.07 Å². The van der Waals surface area contributed by atoms with Gasteiger partial charge in [0.15, 0.2) is 5.60 Å². The van der Waals surface area contributed by atoms with Crippen LogP contribution in [0.4, 0.5) is 8.78 Å². The summed E-state index contributed by atoms with van der Waals surface area (Å²) in [5, 5.41) is 9.19. The van der Waals surface area contributed by atoms with Gasteiger partial charge in [-0.2, -0.15) is 5.26 Å². The van der Waals surface area contributed by atoms with Crippen molar-refractivity contribution in [1.29, 1.82) is 5.26 Å². The second-order valence-corrected chi connectivity index (χ2v) is 5.23. The average Bonchev–Trinajstić information content (AvgIpc) is 2.60. The molecule has 2 N–H and O–H groups in total. The highest BCUT2D eigenvalue weighted by Crippen LogP contribution is 2.49. The Hall–Kier alpha value is -1.52. The monoisotopic (exact) mass is 285 g/mol. The van der Waals surface area contributed by atoms with Gasteiger partial charge in [-0.1, -0.05) is 19.9 Å². The van der Waals surface area contributed by atoms with Crippen molar-refractivity contribution in [1.82, 2.24) is 4.90 Å². The molecule has 2 aliphatic rings. The van der Waals surface area contributed by atoms with E-state index in [2.05, 4.69) is 0 Å². The molecule has 0 aromatic heterocycles. The summed E-state index contributed by atoms with van der Waals surface area (Å²) in [5.41, 5.74) is 3.99. The molecule has 7 heteroatoms. The molecule has 1 amide bonds. The fourth-order valence-electron chi connectivity index (χ4n) is 2.61. The Morgan fingerprint density at radius 1 is 1.65 bits per heavy atom. The van der Waals surface area contributed by atoms with Crippen molar-refractivity contribution in [2.24, 2.45) is 11.7 Å². The molecule has 20 heavy (non-hydrogen) atoms. The van der Waals surface area contributed by atoms with Crippen LogP contribution in [0.2, 0.25) is 0 Å². The van der Waals surface area contributed by atoms with Crippen molar-refractivity contribution < 1.29 is 18.3 Å². The lowest BCUT2D eigenvalue weighted by molar-refractivity contribution is -0.170. The van der Waals surface area contributed by atoms with Gasteiger partial charge in [0, 0.05) is 18.7 Å². The van der Waals surface area contributed by atoms with Gasteiger partial charge in [0.05, 0.1) is 12.0 Å². The molecule has 110 valence electrons. The minimum absolute atomic E-state index is 0.0491. The summed E-state index contributed by atoms with van der Waals surface area (Å²) < 4.78 is 34.1. The number of alkyl halides is 2. The summed E-state index contributed by atoms with van der Waals surface area (Å²) >= 11 is 0. The number of nitrogens with zero attached hydrogens (tertiary/aromatic N) is 2. The summed E-state index contributed by atoms with van der Waals surface area (Å²) in [7, 11) is 0. The summed E-state index contributed by atoms with van der Waals surface area (Å²) in [5.74, 6) is -5.12. The van der Waals surface area contributed by atoms with E-state index >= 15 is 0 Å². The van der Waals surface area contributed by atoms with E-state index in [-0.39, 0.29) is 12.8 Å². The van der Waals surface area contributed by atoms with Crippen LogP contribution in [0.1, 0.15) is 26.7 Å². The molecular formula is C13H17F2N3O2. The maximum Gasteiger partial charge on any atom is 0.298 e. The highest BCUT2D eigenvalue weighted by Gasteiger charge is 2.66. The van der Waals surface area contributed by atoms with E-state index in [4.69, 9.17) is 10.5 Å². The number of hydrogen-bond donors (Lipinski definition) is 1. The van der Waals surface area contributed by atoms with E-state index < -0.39 is 35.6 Å². The number of carbonyl (C=O) groups excluding carboxylic acids is 1. The first kappa shape index (κ1) is 14.9. The van der Waals surface area contributed by atoms with Crippen LogP contribution in [0.3, 0.4) is 0 Å². The molecule has 0 aromatic carbocycles. The molecule has 0 bridgehead atoms. The first-order valence-corrected chi connectivity index (χ1v) is 6.50. The Kier molecular flexibility index (Phi) is 3.56. The maximum atomic E-state index is 14.4. The van der Waals surface area contributed by atoms with Gasteiger partial charge in [0.2, 0.25) is 12.1 Å². The van der Waals surface area contributed by atoms with Gasteiger partial charge < -0.3 is 10.5 Å². The maximum absolute atomic E-state index is 14.4. The fraction of sp³-hybridized carbons (Fsp3) is 0.692. The van der Waals surface area contributed by atoms with Gasteiger partial charge in [0.1, 0.15) is 0 Å². The Labute approximate surface area is 116 Å². The van der Waals surface area contributed by atoms with Gasteiger partial charge in [-0.3, -0.25) is 9.69 Å². The first-order chi connectivity index (χ1) is 9.28. The third kappa shape index (κ3) is 2.00. The molecule has 4 atom stereocenters. The van der Waals surface area contributed by atoms with Gasteiger partial charge >= 0.3 is 0 Å². The SMILES string of the molecule is CC[C@@]1(C#N)O[C@@H](N2C=CC(N)CC2=O)C(F)(F)[C@@H]1C. The second kappa shape index (κ2) is 4.79. The summed E-state index contributed by atoms with van der Waals surface area (Å²) in [6.07, 6.45) is 1.02. The van der Waals surface area contributed by atoms with Crippen molar-refractivity contribution in [3.05, 3.63) is 12.3 Å². The lowest BCUT2D eigenvalue weighted by Gasteiger charge is -2.32. The number of carbonyl (C=O) groups is 1. The zero-order chi connectivity index (χ0) is 15.1. The van der Waals surface area contributed by atoms with Gasteiger partial charge in [-0.05, 0) is 6.42 Å². The molecule has 0 radical (unpaired) electrons. The smallest absolute Gasteiger partial charge is 0.298 e. The number of halogens is 2. The second-order valence-electron chi connectivity index (χ2n) is 5.23. The highest BCUT2D eigenvalue weighted by atomic mass is 19.3. The average molecular weight is 285 g/mol. The zero-order valence-electron chi connectivity index (χ0n) is 11.3. The van der Waals surface area contributed by atoms with Crippen LogP contribution < -0.4 is 5.73 Å². The van der Waals surface area contributed by atoms with E-state index in [9.17, 15) is 18.8 Å². The third-order valence-corrected chi connectivity index (χ3v) is 4.09. The third-order valence-electron chi connectivity index (χ3n) is 4.09. The molecule has 0 aromatic rings. The number of amides is 1. The van der Waals surface area contributed by atoms with Crippen LogP contribution in [-0.2, 0) is 9.53 Å². The van der Waals surface area contributed by atoms with Crippen LogP contribution in [0.25, 0.3) is 0 Å². The van der Waals surface area contributed by atoms with Crippen molar-refractivity contribution >= 4 is 5.91 Å². The topological polar surface area (TPSA) is 79.3 Å². The fourth-order valence-corrected chi connectivity index (χ4v) is 2.61. The number of nitriles is 1. The number of nitrogens with two attached hydrogens (primary N) is 1. The van der Waals surface area contributed by atoms with Gasteiger partial charge in [-0.25, -0.2) is 8.78 Å². The number of hydrogen-bond acceptors (Lipinski definition) is 4. The van der Waals surface area contributed by atoms with Crippen LogP contribution in [0.15, 0.2) is 12.3 Å². The lowest BCUT2D eigenvalue weighted by Crippen LogP contribution is -2.50. The largest absolute Gasteiger partial charge is 0.330 e. The van der Waals surface area contributed by atoms with Crippen molar-refractivity contribution in [2.45, 2.75) is 50.5 Å². The van der Waals surface area contributed by atoms with Crippen LogP contribution in [0, 0.1) is 17.2 Å². The van der Waals surface area contributed by atoms with E-state index in [1.54, 1.807) is 6.92 Å². The summed E-state index contributed by atoms with van der Waals surface area (Å²) in [6.45, 7) is 2.89. The molecule has 0 spiro atoms. The molecule has 1 unspecified atom stereocenters.